The zero-order valence-electron chi connectivity index (χ0n) is 21.7. The van der Waals surface area contributed by atoms with Gasteiger partial charge < -0.3 is 33.7 Å². The van der Waals surface area contributed by atoms with E-state index in [1.807, 2.05) is 0 Å². The van der Waals surface area contributed by atoms with Crippen LogP contribution in [0, 0.1) is 0 Å². The van der Waals surface area contributed by atoms with Crippen LogP contribution in [0.5, 0.6) is 28.7 Å². The number of Topliss-reactive ketones (excluding diaryl/α,β-unsaturated/α-hetero) is 1. The van der Waals surface area contributed by atoms with Crippen LogP contribution in [-0.2, 0) is 16.1 Å². The normalized spacial score (nSPS) is 16.3. The van der Waals surface area contributed by atoms with Gasteiger partial charge in [-0.05, 0) is 53.6 Å². The Morgan fingerprint density at radius 3 is 2.03 bits per heavy atom. The number of likely N-dealkylation sites (tertiary alicyclic amines) is 1. The van der Waals surface area contributed by atoms with Gasteiger partial charge in [-0.1, -0.05) is 0 Å². The lowest BCUT2D eigenvalue weighted by atomic mass is 9.94. The summed E-state index contributed by atoms with van der Waals surface area (Å²) in [6, 6.07) is 10.6. The molecule has 0 bridgehead atoms. The molecule has 2 heterocycles. The Labute approximate surface area is 220 Å². The Morgan fingerprint density at radius 1 is 0.842 bits per heavy atom. The Balaban J connectivity index is 1.99. The summed E-state index contributed by atoms with van der Waals surface area (Å²) in [5, 5.41) is 11.6. The number of ketones is 1. The summed E-state index contributed by atoms with van der Waals surface area (Å²) in [6.45, 7) is 0.0838. The zero-order valence-corrected chi connectivity index (χ0v) is 21.7. The van der Waals surface area contributed by atoms with Crippen LogP contribution in [0.1, 0.15) is 22.7 Å². The molecule has 4 rings (SSSR count). The van der Waals surface area contributed by atoms with Crippen LogP contribution in [-0.4, -0.2) is 62.2 Å². The molecule has 1 atom stereocenters. The molecule has 0 radical (unpaired) electrons. The minimum absolute atomic E-state index is 0.0838. The standard InChI is InChI=1S/C28H28N2O8/c1-34-18-6-7-20(35-2)19(14-18)25(31)23-24(17-12-21(36-3)27(38-5)22(13-17)37-4)30(28(33)26(23)32)15-16-8-10-29-11-9-16/h6-14,24,31H,15H2,1-5H3/b25-23+. The fourth-order valence-electron chi connectivity index (χ4n) is 4.48. The number of rotatable bonds is 9. The molecule has 1 fully saturated rings. The third kappa shape index (κ3) is 4.68. The van der Waals surface area contributed by atoms with Gasteiger partial charge in [0.25, 0.3) is 11.7 Å². The quantitative estimate of drug-likeness (QED) is 0.256. The number of hydrogen-bond donors (Lipinski definition) is 1. The molecule has 1 aliphatic heterocycles. The zero-order chi connectivity index (χ0) is 27.4. The first-order valence-electron chi connectivity index (χ1n) is 11.6. The van der Waals surface area contributed by atoms with E-state index in [4.69, 9.17) is 23.7 Å². The van der Waals surface area contributed by atoms with E-state index in [9.17, 15) is 14.7 Å². The van der Waals surface area contributed by atoms with Crippen LogP contribution in [0.4, 0.5) is 0 Å². The first-order valence-corrected chi connectivity index (χ1v) is 11.6. The lowest BCUT2D eigenvalue weighted by Crippen LogP contribution is -2.29. The van der Waals surface area contributed by atoms with Gasteiger partial charge in [0, 0.05) is 18.9 Å². The molecular formula is C28H28N2O8. The van der Waals surface area contributed by atoms with E-state index in [-0.39, 0.29) is 17.7 Å². The molecule has 2 aromatic carbocycles. The third-order valence-corrected chi connectivity index (χ3v) is 6.31. The van der Waals surface area contributed by atoms with Gasteiger partial charge >= 0.3 is 0 Å². The number of methoxy groups -OCH3 is 5. The molecule has 3 aromatic rings. The van der Waals surface area contributed by atoms with Crippen molar-refractivity contribution in [1.29, 1.82) is 0 Å². The van der Waals surface area contributed by atoms with Gasteiger partial charge in [-0.15, -0.1) is 0 Å². The maximum atomic E-state index is 13.5. The van der Waals surface area contributed by atoms with Crippen molar-refractivity contribution in [1.82, 2.24) is 9.88 Å². The van der Waals surface area contributed by atoms with Gasteiger partial charge in [-0.2, -0.15) is 0 Å². The lowest BCUT2D eigenvalue weighted by molar-refractivity contribution is -0.140. The van der Waals surface area contributed by atoms with E-state index in [2.05, 4.69) is 4.98 Å². The predicted octanol–water partition coefficient (Wildman–Crippen LogP) is 3.75. The molecule has 1 amide bonds. The fourth-order valence-corrected chi connectivity index (χ4v) is 4.48. The average molecular weight is 521 g/mol. The molecule has 10 heteroatoms. The number of nitrogens with zero attached hydrogens (tertiary/aromatic N) is 2. The molecule has 198 valence electrons. The van der Waals surface area contributed by atoms with Gasteiger partial charge in [-0.3, -0.25) is 14.6 Å². The molecule has 1 N–H and O–H groups in total. The van der Waals surface area contributed by atoms with Crippen LogP contribution in [0.15, 0.2) is 60.4 Å². The van der Waals surface area contributed by atoms with Crippen molar-refractivity contribution in [3.8, 4) is 28.7 Å². The smallest absolute Gasteiger partial charge is 0.295 e. The maximum Gasteiger partial charge on any atom is 0.295 e. The van der Waals surface area contributed by atoms with E-state index in [0.717, 1.165) is 5.56 Å². The Morgan fingerprint density at radius 2 is 1.47 bits per heavy atom. The molecule has 0 aliphatic carbocycles. The second-order valence-electron chi connectivity index (χ2n) is 8.31. The van der Waals surface area contributed by atoms with Gasteiger partial charge in [0.15, 0.2) is 11.5 Å². The summed E-state index contributed by atoms with van der Waals surface area (Å²) in [7, 11) is 7.34. The SMILES string of the molecule is COc1ccc(OC)c(/C(O)=C2\C(=O)C(=O)N(Cc3ccncc3)C2c2cc(OC)c(OC)c(OC)c2)c1. The van der Waals surface area contributed by atoms with Gasteiger partial charge in [0.05, 0.1) is 52.7 Å². The molecule has 1 saturated heterocycles. The summed E-state index contributed by atoms with van der Waals surface area (Å²) in [4.78, 5) is 32.3. The molecular weight excluding hydrogens is 492 g/mol. The molecule has 10 nitrogen and oxygen atoms in total. The summed E-state index contributed by atoms with van der Waals surface area (Å²) in [5.74, 6) is -0.292. The Kier molecular flexibility index (Phi) is 7.71. The highest BCUT2D eigenvalue weighted by molar-refractivity contribution is 6.46. The van der Waals surface area contributed by atoms with E-state index in [0.29, 0.717) is 34.3 Å². The third-order valence-electron chi connectivity index (χ3n) is 6.31. The number of ether oxygens (including phenoxy) is 5. The number of aromatic nitrogens is 1. The summed E-state index contributed by atoms with van der Waals surface area (Å²) in [6.07, 6.45) is 3.20. The number of aliphatic hydroxyl groups is 1. The number of hydrogen-bond acceptors (Lipinski definition) is 9. The van der Waals surface area contributed by atoms with Crippen molar-refractivity contribution in [2.24, 2.45) is 0 Å². The highest BCUT2D eigenvalue weighted by Crippen LogP contribution is 2.47. The summed E-state index contributed by atoms with van der Waals surface area (Å²) in [5.41, 5.74) is 1.30. The molecule has 1 aliphatic rings. The van der Waals surface area contributed by atoms with Gasteiger partial charge in [0.2, 0.25) is 5.75 Å². The minimum atomic E-state index is -0.993. The Hall–Kier alpha value is -4.73. The predicted molar refractivity (Wildman–Crippen MR) is 138 cm³/mol. The topological polar surface area (TPSA) is 117 Å². The van der Waals surface area contributed by atoms with Crippen LogP contribution in [0.25, 0.3) is 5.76 Å². The number of carbonyl (C=O) groups is 2. The number of carbonyl (C=O) groups excluding carboxylic acids is 2. The van der Waals surface area contributed by atoms with Crippen LogP contribution < -0.4 is 23.7 Å². The largest absolute Gasteiger partial charge is 0.507 e. The minimum Gasteiger partial charge on any atom is -0.507 e. The van der Waals surface area contributed by atoms with Crippen molar-refractivity contribution < 1.29 is 38.4 Å². The van der Waals surface area contributed by atoms with Crippen molar-refractivity contribution in [2.75, 3.05) is 35.5 Å². The van der Waals surface area contributed by atoms with Crippen molar-refractivity contribution in [2.45, 2.75) is 12.6 Å². The average Bonchev–Trinajstić information content (AvgIpc) is 3.20. The van der Waals surface area contributed by atoms with Crippen LogP contribution in [0.2, 0.25) is 0 Å². The number of benzene rings is 2. The van der Waals surface area contributed by atoms with E-state index in [1.165, 1.54) is 46.5 Å². The monoisotopic (exact) mass is 520 g/mol. The van der Waals surface area contributed by atoms with E-state index >= 15 is 0 Å². The maximum absolute atomic E-state index is 13.5. The van der Waals surface area contributed by atoms with Crippen LogP contribution in [0.3, 0.4) is 0 Å². The summed E-state index contributed by atoms with van der Waals surface area (Å²) < 4.78 is 27.2. The highest BCUT2D eigenvalue weighted by atomic mass is 16.5. The van der Waals surface area contributed by atoms with Gasteiger partial charge in [0.1, 0.15) is 17.3 Å². The fraction of sp³-hybridized carbons (Fsp3) is 0.250. The number of aliphatic hydroxyl groups excluding tert-OH is 1. The molecule has 38 heavy (non-hydrogen) atoms. The first-order chi connectivity index (χ1) is 18.4. The lowest BCUT2D eigenvalue weighted by Gasteiger charge is -2.26. The van der Waals surface area contributed by atoms with E-state index < -0.39 is 23.5 Å². The van der Waals surface area contributed by atoms with E-state index in [1.54, 1.807) is 48.8 Å². The highest BCUT2D eigenvalue weighted by Gasteiger charge is 2.47. The second kappa shape index (κ2) is 11.1. The van der Waals surface area contributed by atoms with Crippen LogP contribution >= 0.6 is 0 Å². The first kappa shape index (κ1) is 26.3. The number of amides is 1. The Bertz CT molecular complexity index is 1360. The second-order valence-corrected chi connectivity index (χ2v) is 8.31. The number of pyridine rings is 1. The van der Waals surface area contributed by atoms with Gasteiger partial charge in [-0.25, -0.2) is 0 Å². The molecule has 0 saturated carbocycles. The van der Waals surface area contributed by atoms with Crippen molar-refractivity contribution in [3.05, 3.63) is 77.1 Å². The summed E-state index contributed by atoms with van der Waals surface area (Å²) >= 11 is 0. The molecule has 1 aromatic heterocycles. The van der Waals surface area contributed by atoms with Crippen molar-refractivity contribution >= 4 is 17.4 Å². The molecule has 1 unspecified atom stereocenters. The van der Waals surface area contributed by atoms with Crippen molar-refractivity contribution in [3.63, 3.8) is 0 Å². The molecule has 0 spiro atoms.